The highest BCUT2D eigenvalue weighted by Gasteiger charge is 2.24. The number of nitrogens with one attached hydrogen (secondary N) is 1. The van der Waals surface area contributed by atoms with E-state index < -0.39 is 22.5 Å². The molecule has 0 aliphatic carbocycles. The number of hydrogen-bond acceptors (Lipinski definition) is 4. The number of anilines is 2. The Balaban J connectivity index is 2.31. The Morgan fingerprint density at radius 3 is 2.37 bits per heavy atom. The molecule has 0 bridgehead atoms. The zero-order chi connectivity index (χ0) is 20.2. The van der Waals surface area contributed by atoms with Crippen molar-refractivity contribution in [3.8, 4) is 5.75 Å². The Labute approximate surface area is 173 Å². The third-order valence-electron chi connectivity index (χ3n) is 3.41. The van der Waals surface area contributed by atoms with E-state index in [-0.39, 0.29) is 20.8 Å². The van der Waals surface area contributed by atoms with Gasteiger partial charge in [0.25, 0.3) is 0 Å². The van der Waals surface area contributed by atoms with E-state index >= 15 is 0 Å². The Hall–Kier alpha value is -1.67. The molecule has 0 spiro atoms. The first-order valence-corrected chi connectivity index (χ1v) is 10.8. The van der Waals surface area contributed by atoms with Crippen molar-refractivity contribution in [3.63, 3.8) is 0 Å². The molecule has 6 nitrogen and oxygen atoms in total. The molecule has 0 radical (unpaired) electrons. The molecule has 27 heavy (non-hydrogen) atoms. The van der Waals surface area contributed by atoms with Crippen LogP contribution in [0.1, 0.15) is 6.92 Å². The highest BCUT2D eigenvalue weighted by molar-refractivity contribution is 7.92. The van der Waals surface area contributed by atoms with Crippen LogP contribution in [0.15, 0.2) is 36.4 Å². The van der Waals surface area contributed by atoms with E-state index in [1.807, 2.05) is 6.92 Å². The largest absolute Gasteiger partial charge is 0.492 e. The molecule has 0 saturated carbocycles. The first kappa shape index (κ1) is 21.6. The first-order valence-electron chi connectivity index (χ1n) is 7.77. The number of hydrogen-bond donors (Lipinski definition) is 1. The summed E-state index contributed by atoms with van der Waals surface area (Å²) in [5, 5.41) is 2.99. The van der Waals surface area contributed by atoms with Crippen molar-refractivity contribution < 1.29 is 17.9 Å². The second kappa shape index (κ2) is 9.01. The van der Waals surface area contributed by atoms with Gasteiger partial charge in [-0.1, -0.05) is 46.9 Å². The minimum absolute atomic E-state index is 0.0531. The molecule has 0 atom stereocenters. The zero-order valence-electron chi connectivity index (χ0n) is 14.5. The summed E-state index contributed by atoms with van der Waals surface area (Å²) in [5.74, 6) is -0.0958. The van der Waals surface area contributed by atoms with E-state index in [4.69, 9.17) is 39.5 Å². The third kappa shape index (κ3) is 5.65. The van der Waals surface area contributed by atoms with Crippen LogP contribution >= 0.6 is 34.8 Å². The van der Waals surface area contributed by atoms with Crippen molar-refractivity contribution in [1.29, 1.82) is 0 Å². The van der Waals surface area contributed by atoms with Gasteiger partial charge in [-0.25, -0.2) is 8.42 Å². The standard InChI is InChI=1S/C17H17Cl3N2O4S/c1-3-26-16-7-5-4-6-14(16)21-17(23)10-22(27(2,24)25)15-9-12(19)11(18)8-13(15)20/h4-9H,3,10H2,1-2H3,(H,21,23). The molecule has 1 N–H and O–H groups in total. The van der Waals surface area contributed by atoms with Crippen LogP contribution in [0.3, 0.4) is 0 Å². The summed E-state index contributed by atoms with van der Waals surface area (Å²) in [7, 11) is -3.82. The normalized spacial score (nSPS) is 11.1. The molecule has 10 heteroatoms. The molecule has 146 valence electrons. The molecule has 0 fully saturated rings. The fraction of sp³-hybridized carbons (Fsp3) is 0.235. The molecule has 1 amide bonds. The predicted octanol–water partition coefficient (Wildman–Crippen LogP) is 4.45. The van der Waals surface area contributed by atoms with E-state index in [1.54, 1.807) is 24.3 Å². The maximum absolute atomic E-state index is 12.5. The topological polar surface area (TPSA) is 75.7 Å². The third-order valence-corrected chi connectivity index (χ3v) is 5.56. The molecule has 0 unspecified atom stereocenters. The lowest BCUT2D eigenvalue weighted by atomic mass is 10.3. The van der Waals surface area contributed by atoms with Gasteiger partial charge in [0.2, 0.25) is 15.9 Å². The van der Waals surface area contributed by atoms with Crippen LogP contribution < -0.4 is 14.4 Å². The van der Waals surface area contributed by atoms with E-state index in [2.05, 4.69) is 5.32 Å². The lowest BCUT2D eigenvalue weighted by Gasteiger charge is -2.23. The summed E-state index contributed by atoms with van der Waals surface area (Å²) in [4.78, 5) is 12.5. The number of halogens is 3. The molecule has 2 aromatic rings. The number of carbonyl (C=O) groups is 1. The van der Waals surface area contributed by atoms with Gasteiger partial charge < -0.3 is 10.1 Å². The van der Waals surface area contributed by atoms with Crippen LogP contribution in [0.2, 0.25) is 15.1 Å². The van der Waals surface area contributed by atoms with E-state index in [9.17, 15) is 13.2 Å². The number of benzene rings is 2. The summed E-state index contributed by atoms with van der Waals surface area (Å²) in [6.07, 6.45) is 0.966. The van der Waals surface area contributed by atoms with Crippen molar-refractivity contribution in [2.45, 2.75) is 6.92 Å². The van der Waals surface area contributed by atoms with Gasteiger partial charge in [-0.15, -0.1) is 0 Å². The van der Waals surface area contributed by atoms with Crippen molar-refractivity contribution in [2.75, 3.05) is 29.0 Å². The quantitative estimate of drug-likeness (QED) is 0.631. The minimum Gasteiger partial charge on any atom is -0.492 e. The SMILES string of the molecule is CCOc1ccccc1NC(=O)CN(c1cc(Cl)c(Cl)cc1Cl)S(C)(=O)=O. The van der Waals surface area contributed by atoms with Crippen molar-refractivity contribution >= 4 is 62.1 Å². The van der Waals surface area contributed by atoms with Crippen LogP contribution in [0.4, 0.5) is 11.4 Å². The number of rotatable bonds is 7. The Kier molecular flexibility index (Phi) is 7.22. The highest BCUT2D eigenvalue weighted by Crippen LogP contribution is 2.35. The van der Waals surface area contributed by atoms with Crippen molar-refractivity contribution in [3.05, 3.63) is 51.5 Å². The molecule has 0 aromatic heterocycles. The molecule has 0 aliphatic rings. The zero-order valence-corrected chi connectivity index (χ0v) is 17.6. The van der Waals surface area contributed by atoms with Crippen LogP contribution in [-0.4, -0.2) is 33.7 Å². The number of carbonyl (C=O) groups excluding carboxylic acids is 1. The average Bonchev–Trinajstić information content (AvgIpc) is 2.57. The Morgan fingerprint density at radius 1 is 1.11 bits per heavy atom. The lowest BCUT2D eigenvalue weighted by Crippen LogP contribution is -2.37. The maximum atomic E-state index is 12.5. The fourth-order valence-corrected chi connectivity index (χ4v) is 3.81. The van der Waals surface area contributed by atoms with Crippen LogP contribution in [0, 0.1) is 0 Å². The molecular formula is C17H17Cl3N2O4S. The van der Waals surface area contributed by atoms with Crippen molar-refractivity contribution in [2.24, 2.45) is 0 Å². The number of nitrogens with zero attached hydrogens (tertiary/aromatic N) is 1. The van der Waals surface area contributed by atoms with Gasteiger partial charge in [0.1, 0.15) is 12.3 Å². The second-order valence-electron chi connectivity index (χ2n) is 5.46. The molecule has 0 aliphatic heterocycles. The smallest absolute Gasteiger partial charge is 0.245 e. The van der Waals surface area contributed by atoms with Gasteiger partial charge in [-0.3, -0.25) is 9.10 Å². The van der Waals surface area contributed by atoms with E-state index in [0.29, 0.717) is 18.0 Å². The maximum Gasteiger partial charge on any atom is 0.245 e. The number of para-hydroxylation sites is 2. The van der Waals surface area contributed by atoms with E-state index in [1.165, 1.54) is 12.1 Å². The summed E-state index contributed by atoms with van der Waals surface area (Å²) in [5.41, 5.74) is 0.486. The number of ether oxygens (including phenoxy) is 1. The highest BCUT2D eigenvalue weighted by atomic mass is 35.5. The van der Waals surface area contributed by atoms with Gasteiger partial charge >= 0.3 is 0 Å². The van der Waals surface area contributed by atoms with Gasteiger partial charge in [-0.05, 0) is 31.2 Å². The average molecular weight is 452 g/mol. The monoisotopic (exact) mass is 450 g/mol. The molecular weight excluding hydrogens is 435 g/mol. The summed E-state index contributed by atoms with van der Waals surface area (Å²) < 4.78 is 30.7. The van der Waals surface area contributed by atoms with Gasteiger partial charge in [0.15, 0.2) is 0 Å². The van der Waals surface area contributed by atoms with Crippen LogP contribution in [0.25, 0.3) is 0 Å². The minimum atomic E-state index is -3.82. The van der Waals surface area contributed by atoms with E-state index in [0.717, 1.165) is 10.6 Å². The predicted molar refractivity (Wildman–Crippen MR) is 110 cm³/mol. The number of amides is 1. The lowest BCUT2D eigenvalue weighted by molar-refractivity contribution is -0.114. The molecule has 2 aromatic carbocycles. The Morgan fingerprint density at radius 2 is 1.74 bits per heavy atom. The first-order chi connectivity index (χ1) is 12.6. The van der Waals surface area contributed by atoms with Crippen molar-refractivity contribution in [1.82, 2.24) is 0 Å². The second-order valence-corrected chi connectivity index (χ2v) is 8.59. The summed E-state index contributed by atoms with van der Waals surface area (Å²) >= 11 is 18.0. The molecule has 0 heterocycles. The Bertz CT molecular complexity index is 951. The fourth-order valence-electron chi connectivity index (χ4n) is 2.26. The molecule has 0 saturated heterocycles. The van der Waals surface area contributed by atoms with Crippen LogP contribution in [-0.2, 0) is 14.8 Å². The summed E-state index contributed by atoms with van der Waals surface area (Å²) in [6, 6.07) is 9.46. The molecule has 2 rings (SSSR count). The number of sulfonamides is 1. The van der Waals surface area contributed by atoms with Gasteiger partial charge in [0, 0.05) is 0 Å². The van der Waals surface area contributed by atoms with Crippen LogP contribution in [0.5, 0.6) is 5.75 Å². The van der Waals surface area contributed by atoms with Gasteiger partial charge in [0.05, 0.1) is 39.3 Å². The van der Waals surface area contributed by atoms with Gasteiger partial charge in [-0.2, -0.15) is 0 Å². The summed E-state index contributed by atoms with van der Waals surface area (Å²) in [6.45, 7) is 1.73.